The van der Waals surface area contributed by atoms with E-state index in [4.69, 9.17) is 24.3 Å². The lowest BCUT2D eigenvalue weighted by Crippen LogP contribution is -2.51. The minimum atomic E-state index is -3.34. The predicted molar refractivity (Wildman–Crippen MR) is 98.1 cm³/mol. The van der Waals surface area contributed by atoms with Crippen molar-refractivity contribution in [3.05, 3.63) is 0 Å². The molecule has 0 aromatic rings. The van der Waals surface area contributed by atoms with Gasteiger partial charge in [-0.2, -0.15) is 0 Å². The highest BCUT2D eigenvalue weighted by atomic mass is 31.2. The Hall–Kier alpha value is -1.15. The quantitative estimate of drug-likeness (QED) is 0.403. The van der Waals surface area contributed by atoms with Crippen LogP contribution in [0.3, 0.4) is 0 Å². The number of ether oxygens (including phenoxy) is 2. The van der Waals surface area contributed by atoms with Gasteiger partial charge in [0.2, 0.25) is 0 Å². The number of nitrogens with one attached hydrogen (secondary N) is 1. The van der Waals surface area contributed by atoms with Gasteiger partial charge in [0, 0.05) is 6.54 Å². The number of rotatable bonds is 11. The number of methoxy groups -OCH3 is 1. The fraction of sp³-hybridized carbons (Fsp3) is 0.875. The number of carbonyl (C=O) groups is 2. The molecule has 0 spiro atoms. The molecule has 0 aliphatic rings. The molecule has 0 saturated carbocycles. The summed E-state index contributed by atoms with van der Waals surface area (Å²) >= 11 is 0. The van der Waals surface area contributed by atoms with E-state index >= 15 is 0 Å². The van der Waals surface area contributed by atoms with Crippen LogP contribution in [-0.4, -0.2) is 56.2 Å². The van der Waals surface area contributed by atoms with E-state index < -0.39 is 30.8 Å². The van der Waals surface area contributed by atoms with E-state index in [1.165, 1.54) is 7.11 Å². The summed E-state index contributed by atoms with van der Waals surface area (Å²) in [5.74, 6) is -0.664. The van der Waals surface area contributed by atoms with Gasteiger partial charge in [0.05, 0.1) is 26.5 Å². The molecule has 0 aromatic heterocycles. The second kappa shape index (κ2) is 10.9. The van der Waals surface area contributed by atoms with Gasteiger partial charge >= 0.3 is 19.7 Å². The Kier molecular flexibility index (Phi) is 10.4. The number of nitrogens with two attached hydrogens (primary N) is 1. The fourth-order valence-electron chi connectivity index (χ4n) is 2.13. The van der Waals surface area contributed by atoms with Gasteiger partial charge in [-0.25, -0.2) is 4.79 Å². The van der Waals surface area contributed by atoms with Crippen molar-refractivity contribution in [2.75, 3.05) is 33.0 Å². The summed E-state index contributed by atoms with van der Waals surface area (Å²) in [4.78, 5) is 23.8. The van der Waals surface area contributed by atoms with Gasteiger partial charge in [-0.1, -0.05) is 0 Å². The molecule has 1 atom stereocenters. The van der Waals surface area contributed by atoms with Crippen LogP contribution in [0.5, 0.6) is 0 Å². The molecular formula is C16H33N2O7P. The van der Waals surface area contributed by atoms with E-state index in [9.17, 15) is 14.2 Å². The largest absolute Gasteiger partial charge is 0.468 e. The van der Waals surface area contributed by atoms with E-state index in [0.29, 0.717) is 0 Å². The highest BCUT2D eigenvalue weighted by molar-refractivity contribution is 7.53. The van der Waals surface area contributed by atoms with Crippen LogP contribution in [0.4, 0.5) is 4.79 Å². The third kappa shape index (κ3) is 9.52. The lowest BCUT2D eigenvalue weighted by molar-refractivity contribution is -0.147. The second-order valence-corrected chi connectivity index (χ2v) is 8.93. The second-order valence-electron chi connectivity index (χ2n) is 6.75. The van der Waals surface area contributed by atoms with E-state index in [1.54, 1.807) is 34.6 Å². The Morgan fingerprint density at radius 2 is 1.62 bits per heavy atom. The van der Waals surface area contributed by atoms with E-state index in [2.05, 4.69) is 5.32 Å². The number of alkyl carbamates (subject to hydrolysis) is 1. The lowest BCUT2D eigenvalue weighted by Gasteiger charge is -2.28. The standard InChI is InChI=1S/C16H33N2O7P/c1-7-23-26(21,24-8-2)12-10-16(17,13(19)22-6)9-11-18-14(20)25-15(3,4)5/h7-12,17H2,1-6H3,(H,18,20)/t16-/m1/s1. The molecule has 0 heterocycles. The first-order valence-electron chi connectivity index (χ1n) is 8.63. The van der Waals surface area contributed by atoms with Crippen molar-refractivity contribution in [1.29, 1.82) is 0 Å². The zero-order chi connectivity index (χ0) is 20.4. The Labute approximate surface area is 155 Å². The number of amides is 1. The molecule has 0 aliphatic heterocycles. The Bertz CT molecular complexity index is 497. The van der Waals surface area contributed by atoms with Crippen LogP contribution in [0.25, 0.3) is 0 Å². The fourth-order valence-corrected chi connectivity index (χ4v) is 3.92. The van der Waals surface area contributed by atoms with Gasteiger partial charge in [-0.3, -0.25) is 9.36 Å². The lowest BCUT2D eigenvalue weighted by atomic mass is 9.93. The highest BCUT2D eigenvalue weighted by Crippen LogP contribution is 2.49. The van der Waals surface area contributed by atoms with Gasteiger partial charge in [0.15, 0.2) is 0 Å². The molecule has 0 fully saturated rings. The summed E-state index contributed by atoms with van der Waals surface area (Å²) in [7, 11) is -2.13. The summed E-state index contributed by atoms with van der Waals surface area (Å²) in [5, 5.41) is 2.54. The molecule has 9 nitrogen and oxygen atoms in total. The number of hydrogen-bond donors (Lipinski definition) is 2. The van der Waals surface area contributed by atoms with E-state index in [0.717, 1.165) is 0 Å². The zero-order valence-corrected chi connectivity index (χ0v) is 17.5. The SMILES string of the molecule is CCOP(=O)(CC[C@](N)(CCNC(=O)OC(C)(C)C)C(=O)OC)OCC. The van der Waals surface area contributed by atoms with Crippen molar-refractivity contribution in [3.63, 3.8) is 0 Å². The minimum absolute atomic E-state index is 0.0208. The summed E-state index contributed by atoms with van der Waals surface area (Å²) < 4.78 is 32.9. The van der Waals surface area contributed by atoms with Crippen LogP contribution in [0.2, 0.25) is 0 Å². The average molecular weight is 396 g/mol. The first kappa shape index (κ1) is 24.8. The van der Waals surface area contributed by atoms with Gasteiger partial charge in [-0.15, -0.1) is 0 Å². The van der Waals surface area contributed by atoms with Gasteiger partial charge in [-0.05, 0) is 47.5 Å². The maximum Gasteiger partial charge on any atom is 0.407 e. The average Bonchev–Trinajstić information content (AvgIpc) is 2.51. The Morgan fingerprint density at radius 1 is 1.08 bits per heavy atom. The van der Waals surface area contributed by atoms with Crippen LogP contribution >= 0.6 is 7.60 Å². The molecule has 154 valence electrons. The summed E-state index contributed by atoms with van der Waals surface area (Å²) in [6, 6.07) is 0. The maximum absolute atomic E-state index is 12.6. The van der Waals surface area contributed by atoms with Crippen LogP contribution in [0.1, 0.15) is 47.5 Å². The summed E-state index contributed by atoms with van der Waals surface area (Å²) in [6.45, 7) is 9.15. The molecule has 26 heavy (non-hydrogen) atoms. The first-order chi connectivity index (χ1) is 11.9. The van der Waals surface area contributed by atoms with Gasteiger partial charge in [0.1, 0.15) is 11.1 Å². The maximum atomic E-state index is 12.6. The van der Waals surface area contributed by atoms with Crippen molar-refractivity contribution in [3.8, 4) is 0 Å². The van der Waals surface area contributed by atoms with Crippen molar-refractivity contribution >= 4 is 19.7 Å². The number of carbonyl (C=O) groups excluding carboxylic acids is 2. The van der Waals surface area contributed by atoms with Crippen LogP contribution in [0.15, 0.2) is 0 Å². The third-order valence-electron chi connectivity index (χ3n) is 3.31. The number of hydrogen-bond acceptors (Lipinski definition) is 8. The molecule has 10 heteroatoms. The van der Waals surface area contributed by atoms with Crippen molar-refractivity contribution in [2.45, 2.75) is 58.6 Å². The third-order valence-corrected chi connectivity index (χ3v) is 5.39. The normalized spacial score (nSPS) is 14.4. The Balaban J connectivity index is 4.87. The van der Waals surface area contributed by atoms with E-state index in [-0.39, 0.29) is 38.8 Å². The highest BCUT2D eigenvalue weighted by Gasteiger charge is 2.38. The number of esters is 1. The first-order valence-corrected chi connectivity index (χ1v) is 10.4. The van der Waals surface area contributed by atoms with Gasteiger partial charge in [0.25, 0.3) is 0 Å². The Morgan fingerprint density at radius 3 is 2.04 bits per heavy atom. The summed E-state index contributed by atoms with van der Waals surface area (Å²) in [5.41, 5.74) is 4.10. The molecule has 0 radical (unpaired) electrons. The summed E-state index contributed by atoms with van der Waals surface area (Å²) in [6.07, 6.45) is -0.546. The molecule has 0 aromatic carbocycles. The molecule has 0 aliphatic carbocycles. The van der Waals surface area contributed by atoms with Crippen LogP contribution < -0.4 is 11.1 Å². The monoisotopic (exact) mass is 396 g/mol. The molecule has 1 amide bonds. The van der Waals surface area contributed by atoms with Crippen molar-refractivity contribution in [2.24, 2.45) is 5.73 Å². The molecule has 0 unspecified atom stereocenters. The minimum Gasteiger partial charge on any atom is -0.468 e. The molecule has 3 N–H and O–H groups in total. The van der Waals surface area contributed by atoms with Crippen molar-refractivity contribution < 1.29 is 32.7 Å². The van der Waals surface area contributed by atoms with Crippen LogP contribution in [-0.2, 0) is 27.9 Å². The molecule has 0 bridgehead atoms. The van der Waals surface area contributed by atoms with Crippen molar-refractivity contribution in [1.82, 2.24) is 5.32 Å². The molecule has 0 rings (SSSR count). The molecule has 0 saturated heterocycles. The van der Waals surface area contributed by atoms with Gasteiger partial charge < -0.3 is 29.6 Å². The topological polar surface area (TPSA) is 126 Å². The predicted octanol–water partition coefficient (Wildman–Crippen LogP) is 2.43. The molecular weight excluding hydrogens is 363 g/mol. The van der Waals surface area contributed by atoms with E-state index in [1.807, 2.05) is 0 Å². The smallest absolute Gasteiger partial charge is 0.407 e. The van der Waals surface area contributed by atoms with Crippen LogP contribution in [0, 0.1) is 0 Å². The zero-order valence-electron chi connectivity index (χ0n) is 16.6.